The Morgan fingerprint density at radius 1 is 1.32 bits per heavy atom. The molecule has 0 aromatic carbocycles. The van der Waals surface area contributed by atoms with Crippen LogP contribution in [-0.4, -0.2) is 41.8 Å². The third-order valence-electron chi connectivity index (χ3n) is 3.72. The molecule has 7 nitrogen and oxygen atoms in total. The lowest BCUT2D eigenvalue weighted by Crippen LogP contribution is -2.23. The van der Waals surface area contributed by atoms with Gasteiger partial charge in [0.1, 0.15) is 6.10 Å². The molecular weight excluding hydrogens is 322 g/mol. The van der Waals surface area contributed by atoms with Crippen molar-refractivity contribution in [3.8, 4) is 11.8 Å². The molecule has 1 saturated heterocycles. The van der Waals surface area contributed by atoms with E-state index in [0.717, 1.165) is 12.0 Å². The van der Waals surface area contributed by atoms with Crippen molar-refractivity contribution in [3.63, 3.8) is 0 Å². The first-order valence-electron chi connectivity index (χ1n) is 8.31. The lowest BCUT2D eigenvalue weighted by atomic mass is 10.2. The van der Waals surface area contributed by atoms with Crippen LogP contribution in [0, 0.1) is 0 Å². The van der Waals surface area contributed by atoms with Gasteiger partial charge in [0.15, 0.2) is 0 Å². The van der Waals surface area contributed by atoms with Crippen molar-refractivity contribution in [2.24, 2.45) is 0 Å². The van der Waals surface area contributed by atoms with Crippen LogP contribution in [0.25, 0.3) is 0 Å². The minimum atomic E-state index is -0.196. The standard InChI is InChI=1S/C18H21N3O4/c1-2-24-17-9-13(5-7-19-17)10-21-18(22)14-3-4-16(20-11-14)25-15-6-8-23-12-15/h3-5,7,9,11,15H,2,6,8,10,12H2,1H3,(H,21,22). The smallest absolute Gasteiger partial charge is 0.253 e. The molecule has 2 aromatic rings. The Bertz CT molecular complexity index is 700. The Labute approximate surface area is 146 Å². The fourth-order valence-corrected chi connectivity index (χ4v) is 2.43. The average molecular weight is 343 g/mol. The SMILES string of the molecule is CCOc1cc(CNC(=O)c2ccc(OC3CCOC3)nc2)ccn1. The molecule has 7 heteroatoms. The third-order valence-corrected chi connectivity index (χ3v) is 3.72. The molecule has 0 aliphatic carbocycles. The van der Waals surface area contributed by atoms with E-state index in [9.17, 15) is 4.79 Å². The van der Waals surface area contributed by atoms with E-state index >= 15 is 0 Å². The number of rotatable bonds is 7. The number of carbonyl (C=O) groups excluding carboxylic acids is 1. The molecule has 3 rings (SSSR count). The molecule has 0 saturated carbocycles. The van der Waals surface area contributed by atoms with Crippen LogP contribution in [0.5, 0.6) is 11.8 Å². The first-order chi connectivity index (χ1) is 12.2. The van der Waals surface area contributed by atoms with Gasteiger partial charge in [-0.2, -0.15) is 0 Å². The molecule has 0 radical (unpaired) electrons. The van der Waals surface area contributed by atoms with Crippen molar-refractivity contribution in [1.82, 2.24) is 15.3 Å². The highest BCUT2D eigenvalue weighted by Crippen LogP contribution is 2.15. The van der Waals surface area contributed by atoms with Gasteiger partial charge in [-0.25, -0.2) is 9.97 Å². The summed E-state index contributed by atoms with van der Waals surface area (Å²) in [5, 5.41) is 2.85. The van der Waals surface area contributed by atoms with Gasteiger partial charge in [0.05, 0.1) is 25.4 Å². The second-order valence-electron chi connectivity index (χ2n) is 5.61. The number of carbonyl (C=O) groups is 1. The predicted octanol–water partition coefficient (Wildman–Crippen LogP) is 1.97. The molecule has 1 fully saturated rings. The largest absolute Gasteiger partial charge is 0.478 e. The molecule has 1 N–H and O–H groups in total. The van der Waals surface area contributed by atoms with Crippen LogP contribution in [-0.2, 0) is 11.3 Å². The van der Waals surface area contributed by atoms with Gasteiger partial charge in [0.25, 0.3) is 5.91 Å². The van der Waals surface area contributed by atoms with E-state index in [1.807, 2.05) is 19.1 Å². The maximum Gasteiger partial charge on any atom is 0.253 e. The summed E-state index contributed by atoms with van der Waals surface area (Å²) in [6.45, 7) is 4.13. The first kappa shape index (κ1) is 17.2. The van der Waals surface area contributed by atoms with Gasteiger partial charge >= 0.3 is 0 Å². The summed E-state index contributed by atoms with van der Waals surface area (Å²) in [4.78, 5) is 20.5. The van der Waals surface area contributed by atoms with Crippen molar-refractivity contribution < 1.29 is 19.0 Å². The summed E-state index contributed by atoms with van der Waals surface area (Å²) in [5.74, 6) is 0.855. The fraction of sp³-hybridized carbons (Fsp3) is 0.389. The number of aromatic nitrogens is 2. The maximum atomic E-state index is 12.2. The van der Waals surface area contributed by atoms with E-state index in [4.69, 9.17) is 14.2 Å². The zero-order valence-electron chi connectivity index (χ0n) is 14.1. The summed E-state index contributed by atoms with van der Waals surface area (Å²) >= 11 is 0. The Kier molecular flexibility index (Phi) is 5.79. The molecule has 25 heavy (non-hydrogen) atoms. The topological polar surface area (TPSA) is 82.6 Å². The van der Waals surface area contributed by atoms with E-state index in [1.165, 1.54) is 6.20 Å². The van der Waals surface area contributed by atoms with Crippen molar-refractivity contribution in [2.75, 3.05) is 19.8 Å². The van der Waals surface area contributed by atoms with Crippen LogP contribution in [0.15, 0.2) is 36.7 Å². The van der Waals surface area contributed by atoms with Gasteiger partial charge in [-0.15, -0.1) is 0 Å². The molecule has 1 amide bonds. The van der Waals surface area contributed by atoms with E-state index < -0.39 is 0 Å². The summed E-state index contributed by atoms with van der Waals surface area (Å²) in [6.07, 6.45) is 4.07. The number of nitrogens with zero attached hydrogens (tertiary/aromatic N) is 2. The monoisotopic (exact) mass is 343 g/mol. The molecule has 2 aromatic heterocycles. The van der Waals surface area contributed by atoms with E-state index in [0.29, 0.717) is 43.7 Å². The van der Waals surface area contributed by atoms with Gasteiger partial charge in [-0.3, -0.25) is 4.79 Å². The van der Waals surface area contributed by atoms with Crippen molar-refractivity contribution in [1.29, 1.82) is 0 Å². The zero-order chi connectivity index (χ0) is 17.5. The van der Waals surface area contributed by atoms with Crippen molar-refractivity contribution in [2.45, 2.75) is 26.0 Å². The predicted molar refractivity (Wildman–Crippen MR) is 90.7 cm³/mol. The number of ether oxygens (including phenoxy) is 3. The highest BCUT2D eigenvalue weighted by molar-refractivity contribution is 5.93. The van der Waals surface area contributed by atoms with Gasteiger partial charge in [-0.05, 0) is 24.6 Å². The second-order valence-corrected chi connectivity index (χ2v) is 5.61. The van der Waals surface area contributed by atoms with Crippen LogP contribution in [0.2, 0.25) is 0 Å². The van der Waals surface area contributed by atoms with Gasteiger partial charge in [0.2, 0.25) is 11.8 Å². The van der Waals surface area contributed by atoms with Gasteiger partial charge in [0, 0.05) is 37.5 Å². The van der Waals surface area contributed by atoms with E-state index in [2.05, 4.69) is 15.3 Å². The van der Waals surface area contributed by atoms with Crippen LogP contribution in [0.4, 0.5) is 0 Å². The second kappa shape index (κ2) is 8.43. The summed E-state index contributed by atoms with van der Waals surface area (Å²) in [6, 6.07) is 7.04. The average Bonchev–Trinajstić information content (AvgIpc) is 3.14. The summed E-state index contributed by atoms with van der Waals surface area (Å²) in [7, 11) is 0. The van der Waals surface area contributed by atoms with Crippen LogP contribution >= 0.6 is 0 Å². The molecule has 1 aliphatic rings. The number of hydrogen-bond donors (Lipinski definition) is 1. The molecular formula is C18H21N3O4. The molecule has 1 unspecified atom stereocenters. The van der Waals surface area contributed by atoms with Crippen molar-refractivity contribution >= 4 is 5.91 Å². The Morgan fingerprint density at radius 3 is 2.96 bits per heavy atom. The highest BCUT2D eigenvalue weighted by Gasteiger charge is 2.17. The highest BCUT2D eigenvalue weighted by atomic mass is 16.5. The zero-order valence-corrected chi connectivity index (χ0v) is 14.1. The fourth-order valence-electron chi connectivity index (χ4n) is 2.43. The molecule has 0 spiro atoms. The maximum absolute atomic E-state index is 12.2. The molecule has 132 valence electrons. The normalized spacial score (nSPS) is 16.4. The van der Waals surface area contributed by atoms with Gasteiger partial charge in [-0.1, -0.05) is 0 Å². The third kappa shape index (κ3) is 4.90. The van der Waals surface area contributed by atoms with Crippen LogP contribution in [0.1, 0.15) is 29.3 Å². The lowest BCUT2D eigenvalue weighted by Gasteiger charge is -2.11. The number of amides is 1. The molecule has 3 heterocycles. The Hall–Kier alpha value is -2.67. The lowest BCUT2D eigenvalue weighted by molar-refractivity contribution is 0.0950. The molecule has 0 bridgehead atoms. The van der Waals surface area contributed by atoms with Crippen molar-refractivity contribution in [3.05, 3.63) is 47.8 Å². The molecule has 1 atom stereocenters. The summed E-state index contributed by atoms with van der Waals surface area (Å²) in [5.41, 5.74) is 1.40. The minimum absolute atomic E-state index is 0.0402. The van der Waals surface area contributed by atoms with E-state index in [-0.39, 0.29) is 12.0 Å². The van der Waals surface area contributed by atoms with Crippen LogP contribution < -0.4 is 14.8 Å². The number of nitrogens with one attached hydrogen (secondary N) is 1. The number of pyridine rings is 2. The summed E-state index contributed by atoms with van der Waals surface area (Å²) < 4.78 is 16.3. The van der Waals surface area contributed by atoms with E-state index in [1.54, 1.807) is 18.3 Å². The Morgan fingerprint density at radius 2 is 2.24 bits per heavy atom. The van der Waals surface area contributed by atoms with Crippen LogP contribution in [0.3, 0.4) is 0 Å². The first-order valence-corrected chi connectivity index (χ1v) is 8.31. The minimum Gasteiger partial charge on any atom is -0.478 e. The quantitative estimate of drug-likeness (QED) is 0.828. The Balaban J connectivity index is 1.53. The number of hydrogen-bond acceptors (Lipinski definition) is 6. The molecule has 1 aliphatic heterocycles. The van der Waals surface area contributed by atoms with Gasteiger partial charge < -0.3 is 19.5 Å².